The van der Waals surface area contributed by atoms with Crippen molar-refractivity contribution in [1.29, 1.82) is 0 Å². The van der Waals surface area contributed by atoms with Gasteiger partial charge in [-0.05, 0) is 19.1 Å². The number of amides is 1. The summed E-state index contributed by atoms with van der Waals surface area (Å²) in [6.45, 7) is 1.70. The quantitative estimate of drug-likeness (QED) is 0.921. The number of hydrogen-bond donors (Lipinski definition) is 1. The standard InChI is InChI=1S/C12H9BrF2N2OS/c1-6(12-16-2-3-19-12)17-11(18)10-8(14)4-7(13)5-9(10)15/h2-6H,1H3,(H,17,18). The summed E-state index contributed by atoms with van der Waals surface area (Å²) in [5.41, 5.74) is -0.591. The van der Waals surface area contributed by atoms with Crippen molar-refractivity contribution >= 4 is 33.2 Å². The third-order valence-corrected chi connectivity index (χ3v) is 3.82. The first kappa shape index (κ1) is 14.1. The lowest BCUT2D eigenvalue weighted by Gasteiger charge is -2.12. The highest BCUT2D eigenvalue weighted by atomic mass is 79.9. The van der Waals surface area contributed by atoms with Crippen LogP contribution in [0, 0.1) is 11.6 Å². The van der Waals surface area contributed by atoms with Gasteiger partial charge in [0.2, 0.25) is 0 Å². The van der Waals surface area contributed by atoms with Crippen molar-refractivity contribution in [3.63, 3.8) is 0 Å². The maximum absolute atomic E-state index is 13.6. The zero-order valence-electron chi connectivity index (χ0n) is 9.78. The lowest BCUT2D eigenvalue weighted by atomic mass is 10.1. The van der Waals surface area contributed by atoms with Gasteiger partial charge in [0.15, 0.2) is 0 Å². The first-order valence-electron chi connectivity index (χ1n) is 5.34. The Morgan fingerprint density at radius 3 is 2.58 bits per heavy atom. The number of rotatable bonds is 3. The molecule has 1 amide bonds. The van der Waals surface area contributed by atoms with Crippen LogP contribution in [-0.4, -0.2) is 10.9 Å². The topological polar surface area (TPSA) is 42.0 Å². The van der Waals surface area contributed by atoms with Crippen molar-refractivity contribution in [3.8, 4) is 0 Å². The van der Waals surface area contributed by atoms with Gasteiger partial charge in [0.1, 0.15) is 22.2 Å². The molecule has 0 saturated heterocycles. The van der Waals surface area contributed by atoms with Crippen LogP contribution in [0.15, 0.2) is 28.2 Å². The van der Waals surface area contributed by atoms with E-state index in [1.807, 2.05) is 0 Å². The second kappa shape index (κ2) is 5.75. The molecule has 19 heavy (non-hydrogen) atoms. The van der Waals surface area contributed by atoms with E-state index in [1.54, 1.807) is 18.5 Å². The Bertz CT molecular complexity index is 581. The molecule has 1 heterocycles. The van der Waals surface area contributed by atoms with Crippen molar-refractivity contribution in [2.75, 3.05) is 0 Å². The second-order valence-corrected chi connectivity index (χ2v) is 5.65. The van der Waals surface area contributed by atoms with Crippen LogP contribution in [0.25, 0.3) is 0 Å². The minimum Gasteiger partial charge on any atom is -0.343 e. The van der Waals surface area contributed by atoms with E-state index in [0.29, 0.717) is 5.01 Å². The Labute approximate surface area is 120 Å². The van der Waals surface area contributed by atoms with Crippen LogP contribution in [0.4, 0.5) is 8.78 Å². The van der Waals surface area contributed by atoms with E-state index in [-0.39, 0.29) is 4.47 Å². The average Bonchev–Trinajstić information content (AvgIpc) is 2.80. The minimum absolute atomic E-state index is 0.243. The Morgan fingerprint density at radius 1 is 1.42 bits per heavy atom. The minimum atomic E-state index is -0.907. The van der Waals surface area contributed by atoms with Gasteiger partial charge in [-0.3, -0.25) is 4.79 Å². The first-order chi connectivity index (χ1) is 8.99. The molecule has 0 fully saturated rings. The number of benzene rings is 1. The van der Waals surface area contributed by atoms with Crippen LogP contribution in [0.3, 0.4) is 0 Å². The van der Waals surface area contributed by atoms with Crippen LogP contribution in [-0.2, 0) is 0 Å². The normalized spacial score (nSPS) is 12.2. The number of thiazole rings is 1. The summed E-state index contributed by atoms with van der Waals surface area (Å²) in [6.07, 6.45) is 1.60. The maximum Gasteiger partial charge on any atom is 0.257 e. The predicted molar refractivity (Wildman–Crippen MR) is 72.1 cm³/mol. The molecule has 0 saturated carbocycles. The highest BCUT2D eigenvalue weighted by Gasteiger charge is 2.21. The Balaban J connectivity index is 2.21. The lowest BCUT2D eigenvalue weighted by Crippen LogP contribution is -2.28. The molecular weight excluding hydrogens is 338 g/mol. The predicted octanol–water partition coefficient (Wildman–Crippen LogP) is 3.67. The molecule has 0 aliphatic rings. The Hall–Kier alpha value is -1.34. The fourth-order valence-corrected chi connectivity index (χ4v) is 2.59. The van der Waals surface area contributed by atoms with Crippen LogP contribution < -0.4 is 5.32 Å². The molecule has 1 unspecified atom stereocenters. The number of nitrogens with one attached hydrogen (secondary N) is 1. The number of nitrogens with zero attached hydrogens (tertiary/aromatic N) is 1. The molecule has 1 aromatic carbocycles. The summed E-state index contributed by atoms with van der Waals surface area (Å²) in [5.74, 6) is -2.61. The van der Waals surface area contributed by atoms with E-state index >= 15 is 0 Å². The summed E-state index contributed by atoms with van der Waals surface area (Å²) in [6, 6.07) is 1.69. The summed E-state index contributed by atoms with van der Waals surface area (Å²) in [4.78, 5) is 15.9. The van der Waals surface area contributed by atoms with Crippen molar-refractivity contribution in [2.45, 2.75) is 13.0 Å². The SMILES string of the molecule is CC(NC(=O)c1c(F)cc(Br)cc1F)c1nccs1. The molecule has 100 valence electrons. The van der Waals surface area contributed by atoms with Crippen molar-refractivity contribution in [3.05, 3.63) is 50.4 Å². The summed E-state index contributed by atoms with van der Waals surface area (Å²) >= 11 is 4.32. The molecule has 7 heteroatoms. The van der Waals surface area contributed by atoms with Gasteiger partial charge in [-0.15, -0.1) is 11.3 Å². The van der Waals surface area contributed by atoms with Gasteiger partial charge in [0.25, 0.3) is 5.91 Å². The molecule has 1 aromatic heterocycles. The molecule has 2 rings (SSSR count). The molecule has 0 spiro atoms. The largest absolute Gasteiger partial charge is 0.343 e. The third kappa shape index (κ3) is 3.16. The van der Waals surface area contributed by atoms with Crippen LogP contribution in [0.1, 0.15) is 28.3 Å². The molecule has 1 N–H and O–H groups in total. The fourth-order valence-electron chi connectivity index (χ4n) is 1.54. The van der Waals surface area contributed by atoms with E-state index in [1.165, 1.54) is 11.3 Å². The van der Waals surface area contributed by atoms with E-state index in [9.17, 15) is 13.6 Å². The van der Waals surface area contributed by atoms with Gasteiger partial charge >= 0.3 is 0 Å². The molecule has 0 radical (unpaired) electrons. The molecular formula is C12H9BrF2N2OS. The van der Waals surface area contributed by atoms with Gasteiger partial charge < -0.3 is 5.32 Å². The summed E-state index contributed by atoms with van der Waals surface area (Å²) in [7, 11) is 0. The van der Waals surface area contributed by atoms with Crippen LogP contribution in [0.5, 0.6) is 0 Å². The van der Waals surface area contributed by atoms with E-state index < -0.39 is 29.1 Å². The highest BCUT2D eigenvalue weighted by Crippen LogP contribution is 2.21. The molecule has 1 atom stereocenters. The zero-order valence-corrected chi connectivity index (χ0v) is 12.2. The first-order valence-corrected chi connectivity index (χ1v) is 7.01. The van der Waals surface area contributed by atoms with Gasteiger partial charge in [-0.1, -0.05) is 15.9 Å². The van der Waals surface area contributed by atoms with Gasteiger partial charge in [-0.25, -0.2) is 13.8 Å². The smallest absolute Gasteiger partial charge is 0.257 e. The van der Waals surface area contributed by atoms with Crippen molar-refractivity contribution in [2.24, 2.45) is 0 Å². The number of halogens is 3. The van der Waals surface area contributed by atoms with Crippen LogP contribution >= 0.6 is 27.3 Å². The number of carbonyl (C=O) groups excluding carboxylic acids is 1. The lowest BCUT2D eigenvalue weighted by molar-refractivity contribution is 0.0931. The Kier molecular flexibility index (Phi) is 4.26. The van der Waals surface area contributed by atoms with Crippen molar-refractivity contribution in [1.82, 2.24) is 10.3 Å². The molecule has 0 aliphatic heterocycles. The fraction of sp³-hybridized carbons (Fsp3) is 0.167. The van der Waals surface area contributed by atoms with E-state index in [0.717, 1.165) is 12.1 Å². The van der Waals surface area contributed by atoms with E-state index in [2.05, 4.69) is 26.2 Å². The summed E-state index contributed by atoms with van der Waals surface area (Å²) in [5, 5.41) is 4.95. The average molecular weight is 347 g/mol. The van der Waals surface area contributed by atoms with Crippen molar-refractivity contribution < 1.29 is 13.6 Å². The monoisotopic (exact) mass is 346 g/mol. The Morgan fingerprint density at radius 2 is 2.05 bits per heavy atom. The molecule has 0 bridgehead atoms. The molecule has 2 aromatic rings. The highest BCUT2D eigenvalue weighted by molar-refractivity contribution is 9.10. The van der Waals surface area contributed by atoms with Gasteiger partial charge in [0.05, 0.1) is 6.04 Å². The second-order valence-electron chi connectivity index (χ2n) is 3.81. The van der Waals surface area contributed by atoms with Gasteiger partial charge in [0, 0.05) is 16.0 Å². The molecule has 0 aliphatic carbocycles. The third-order valence-electron chi connectivity index (χ3n) is 2.40. The number of aromatic nitrogens is 1. The zero-order chi connectivity index (χ0) is 14.0. The van der Waals surface area contributed by atoms with E-state index in [4.69, 9.17) is 0 Å². The number of hydrogen-bond acceptors (Lipinski definition) is 3. The van der Waals surface area contributed by atoms with Crippen LogP contribution in [0.2, 0.25) is 0 Å². The molecule has 3 nitrogen and oxygen atoms in total. The van der Waals surface area contributed by atoms with Gasteiger partial charge in [-0.2, -0.15) is 0 Å². The maximum atomic E-state index is 13.6. The summed E-state index contributed by atoms with van der Waals surface area (Å²) < 4.78 is 27.5. The number of carbonyl (C=O) groups is 1.